The van der Waals surface area contributed by atoms with Crippen LogP contribution in [-0.2, 0) is 27.2 Å². The smallest absolute Gasteiger partial charge is 0.328 e. The van der Waals surface area contributed by atoms with Crippen LogP contribution in [0.5, 0.6) is 5.75 Å². The molecule has 1 heterocycles. The number of Topliss-reactive ketones (excluding diaryl/α,β-unsaturated/α-hetero) is 1. The third-order valence-electron chi connectivity index (χ3n) is 4.74. The zero-order valence-electron chi connectivity index (χ0n) is 14.9. The first-order valence-corrected chi connectivity index (χ1v) is 8.80. The summed E-state index contributed by atoms with van der Waals surface area (Å²) in [4.78, 5) is 25.5. The largest absolute Gasteiger partial charge is 0.506 e. The van der Waals surface area contributed by atoms with Crippen LogP contribution in [0.15, 0.2) is 48.5 Å². The van der Waals surface area contributed by atoms with Crippen molar-refractivity contribution in [2.45, 2.75) is 31.7 Å². The predicted molar refractivity (Wildman–Crippen MR) is 99.3 cm³/mol. The van der Waals surface area contributed by atoms with Crippen molar-refractivity contribution >= 4 is 17.4 Å². The third-order valence-corrected chi connectivity index (χ3v) is 4.74. The van der Waals surface area contributed by atoms with Gasteiger partial charge in [0.1, 0.15) is 11.8 Å². The maximum absolute atomic E-state index is 12.0. The number of phenolic OH excluding ortho intramolecular Hbond substituents is 1. The summed E-state index contributed by atoms with van der Waals surface area (Å²) in [5, 5.41) is 10.3. The van der Waals surface area contributed by atoms with E-state index in [2.05, 4.69) is 12.1 Å². The van der Waals surface area contributed by atoms with Crippen molar-refractivity contribution in [1.29, 1.82) is 0 Å². The van der Waals surface area contributed by atoms with Crippen LogP contribution in [-0.4, -0.2) is 36.6 Å². The predicted octanol–water partition coefficient (Wildman–Crippen LogP) is 2.89. The number of ketones is 1. The van der Waals surface area contributed by atoms with Crippen molar-refractivity contribution in [2.75, 3.05) is 18.6 Å². The number of hydrogen-bond acceptors (Lipinski definition) is 5. The molecule has 2 aromatic carbocycles. The molecular weight excluding hydrogens is 330 g/mol. The Morgan fingerprint density at radius 3 is 2.62 bits per heavy atom. The van der Waals surface area contributed by atoms with Crippen molar-refractivity contribution in [3.8, 4) is 5.75 Å². The van der Waals surface area contributed by atoms with Crippen molar-refractivity contribution < 1.29 is 19.4 Å². The van der Waals surface area contributed by atoms with Crippen molar-refractivity contribution in [2.24, 2.45) is 0 Å². The molecule has 0 bridgehead atoms. The van der Waals surface area contributed by atoms with Crippen LogP contribution in [0, 0.1) is 0 Å². The number of carbonyl (C=O) groups is 2. The minimum Gasteiger partial charge on any atom is -0.506 e. The van der Waals surface area contributed by atoms with Crippen molar-refractivity contribution in [3.63, 3.8) is 0 Å². The first-order chi connectivity index (χ1) is 12.6. The number of carbonyl (C=O) groups excluding carboxylic acids is 2. The number of nitrogens with zero attached hydrogens (tertiary/aromatic N) is 1. The van der Waals surface area contributed by atoms with Crippen molar-refractivity contribution in [1.82, 2.24) is 0 Å². The van der Waals surface area contributed by atoms with E-state index in [1.807, 2.05) is 30.3 Å². The molecule has 1 aliphatic rings. The molecule has 3 rings (SSSR count). The molecule has 5 heteroatoms. The monoisotopic (exact) mass is 353 g/mol. The lowest BCUT2D eigenvalue weighted by atomic mass is 10.0. The molecule has 1 unspecified atom stereocenters. The third kappa shape index (κ3) is 4.04. The Bertz CT molecular complexity index is 788. The molecule has 1 atom stereocenters. The van der Waals surface area contributed by atoms with Gasteiger partial charge in [-0.1, -0.05) is 36.4 Å². The average Bonchev–Trinajstić information content (AvgIpc) is 3.05. The lowest BCUT2D eigenvalue weighted by Crippen LogP contribution is -2.37. The molecule has 1 saturated heterocycles. The molecule has 136 valence electrons. The van der Waals surface area contributed by atoms with Gasteiger partial charge in [-0.2, -0.15) is 0 Å². The van der Waals surface area contributed by atoms with Crippen LogP contribution in [0.2, 0.25) is 0 Å². The van der Waals surface area contributed by atoms with E-state index < -0.39 is 12.0 Å². The highest BCUT2D eigenvalue weighted by atomic mass is 16.5. The molecule has 26 heavy (non-hydrogen) atoms. The minimum absolute atomic E-state index is 0.0331. The normalized spacial score (nSPS) is 16.7. The van der Waals surface area contributed by atoms with Gasteiger partial charge in [0.2, 0.25) is 0 Å². The van der Waals surface area contributed by atoms with E-state index in [0.717, 1.165) is 24.8 Å². The summed E-state index contributed by atoms with van der Waals surface area (Å²) < 4.78 is 4.80. The summed E-state index contributed by atoms with van der Waals surface area (Å²) >= 11 is 0. The topological polar surface area (TPSA) is 66.8 Å². The van der Waals surface area contributed by atoms with Crippen LogP contribution in [0.1, 0.15) is 24.0 Å². The summed E-state index contributed by atoms with van der Waals surface area (Å²) in [5.41, 5.74) is 2.88. The lowest BCUT2D eigenvalue weighted by Gasteiger charge is -2.25. The Hall–Kier alpha value is -2.82. The zero-order valence-corrected chi connectivity index (χ0v) is 14.9. The fourth-order valence-corrected chi connectivity index (χ4v) is 3.39. The van der Waals surface area contributed by atoms with E-state index >= 15 is 0 Å². The zero-order chi connectivity index (χ0) is 18.5. The maximum atomic E-state index is 12.0. The number of aromatic hydroxyl groups is 1. The maximum Gasteiger partial charge on any atom is 0.328 e. The number of aryl methyl sites for hydroxylation is 2. The van der Waals surface area contributed by atoms with E-state index in [1.165, 1.54) is 12.7 Å². The molecule has 2 aromatic rings. The number of ether oxygens (including phenoxy) is 1. The van der Waals surface area contributed by atoms with E-state index in [1.54, 1.807) is 11.0 Å². The quantitative estimate of drug-likeness (QED) is 0.809. The summed E-state index contributed by atoms with van der Waals surface area (Å²) in [6.45, 7) is 0.112. The summed E-state index contributed by atoms with van der Waals surface area (Å²) in [6, 6.07) is 15.0. The second kappa shape index (κ2) is 8.04. The first kappa shape index (κ1) is 18.0. The van der Waals surface area contributed by atoms with Gasteiger partial charge in [-0.05, 0) is 42.5 Å². The van der Waals surface area contributed by atoms with Gasteiger partial charge < -0.3 is 14.7 Å². The average molecular weight is 353 g/mol. The Labute approximate surface area is 153 Å². The minimum atomic E-state index is -0.669. The fraction of sp³-hybridized carbons (Fsp3) is 0.333. The van der Waals surface area contributed by atoms with Crippen LogP contribution in [0.25, 0.3) is 0 Å². The van der Waals surface area contributed by atoms with Gasteiger partial charge in [-0.3, -0.25) is 4.79 Å². The van der Waals surface area contributed by atoms with Crippen molar-refractivity contribution in [3.05, 3.63) is 59.7 Å². The standard InChI is InChI=1S/C21H23NO4/c1-26-21(25)19-13-17(23)14-22(19)18-12-16(10-11-20(18)24)9-5-8-15-6-3-2-4-7-15/h2-4,6-7,10-12,19,24H,5,8-9,13-14H2,1H3. The molecule has 0 amide bonds. The van der Waals surface area contributed by atoms with E-state index in [9.17, 15) is 14.7 Å². The molecule has 0 spiro atoms. The summed E-state index contributed by atoms with van der Waals surface area (Å²) in [6.07, 6.45) is 2.93. The van der Waals surface area contributed by atoms with Gasteiger partial charge in [0.25, 0.3) is 0 Å². The molecule has 5 nitrogen and oxygen atoms in total. The van der Waals surface area contributed by atoms with Crippen LogP contribution in [0.4, 0.5) is 5.69 Å². The van der Waals surface area contributed by atoms with Crippen LogP contribution < -0.4 is 4.90 Å². The Balaban J connectivity index is 1.72. The van der Waals surface area contributed by atoms with E-state index in [0.29, 0.717) is 5.69 Å². The number of methoxy groups -OCH3 is 1. The summed E-state index contributed by atoms with van der Waals surface area (Å²) in [7, 11) is 1.31. The molecule has 0 aromatic heterocycles. The Morgan fingerprint density at radius 2 is 1.88 bits per heavy atom. The molecule has 1 fully saturated rings. The number of esters is 1. The molecule has 0 saturated carbocycles. The molecule has 1 aliphatic heterocycles. The van der Waals surface area contributed by atoms with Crippen LogP contribution >= 0.6 is 0 Å². The second-order valence-corrected chi connectivity index (χ2v) is 6.57. The number of hydrogen-bond donors (Lipinski definition) is 1. The second-order valence-electron chi connectivity index (χ2n) is 6.57. The van der Waals surface area contributed by atoms with Gasteiger partial charge in [0.15, 0.2) is 5.78 Å². The molecular formula is C21H23NO4. The Morgan fingerprint density at radius 1 is 1.15 bits per heavy atom. The van der Waals surface area contributed by atoms with Gasteiger partial charge >= 0.3 is 5.97 Å². The first-order valence-electron chi connectivity index (χ1n) is 8.80. The highest BCUT2D eigenvalue weighted by Crippen LogP contribution is 2.33. The number of anilines is 1. The molecule has 0 aliphatic carbocycles. The number of rotatable bonds is 6. The Kier molecular flexibility index (Phi) is 5.56. The molecule has 1 N–H and O–H groups in total. The van der Waals surface area contributed by atoms with Gasteiger partial charge in [-0.15, -0.1) is 0 Å². The SMILES string of the molecule is COC(=O)C1CC(=O)CN1c1cc(CCCc2ccccc2)ccc1O. The summed E-state index contributed by atoms with van der Waals surface area (Å²) in [5.74, 6) is -0.417. The molecule has 0 radical (unpaired) electrons. The number of phenols is 1. The van der Waals surface area contributed by atoms with Crippen LogP contribution in [0.3, 0.4) is 0 Å². The van der Waals surface area contributed by atoms with Gasteiger partial charge in [-0.25, -0.2) is 4.79 Å². The van der Waals surface area contributed by atoms with Gasteiger partial charge in [0.05, 0.1) is 19.3 Å². The number of benzene rings is 2. The highest BCUT2D eigenvalue weighted by molar-refractivity contribution is 5.97. The van der Waals surface area contributed by atoms with E-state index in [4.69, 9.17) is 4.74 Å². The lowest BCUT2D eigenvalue weighted by molar-refractivity contribution is -0.142. The van der Waals surface area contributed by atoms with Gasteiger partial charge in [0, 0.05) is 6.42 Å². The van der Waals surface area contributed by atoms with E-state index in [-0.39, 0.29) is 24.5 Å². The fourth-order valence-electron chi connectivity index (χ4n) is 3.39. The highest BCUT2D eigenvalue weighted by Gasteiger charge is 2.37.